The minimum Gasteiger partial charge on any atom is -0.341 e. The van der Waals surface area contributed by atoms with Crippen molar-refractivity contribution in [2.45, 2.75) is 51.5 Å². The summed E-state index contributed by atoms with van der Waals surface area (Å²) in [5.74, 6) is 0.350. The zero-order valence-electron chi connectivity index (χ0n) is 10.1. The predicted octanol–water partition coefficient (Wildman–Crippen LogP) is 1.78. The lowest BCUT2D eigenvalue weighted by atomic mass is 10.1. The fourth-order valence-electron chi connectivity index (χ4n) is 2.10. The van der Waals surface area contributed by atoms with Crippen LogP contribution >= 0.6 is 0 Å². The smallest absolute Gasteiger partial charge is 0.222 e. The van der Waals surface area contributed by atoms with Crippen LogP contribution in [-0.2, 0) is 4.79 Å². The van der Waals surface area contributed by atoms with Gasteiger partial charge >= 0.3 is 0 Å². The Labute approximate surface area is 93.2 Å². The molecule has 3 nitrogen and oxygen atoms in total. The maximum atomic E-state index is 11.8. The van der Waals surface area contributed by atoms with Crippen LogP contribution in [0.3, 0.4) is 0 Å². The molecule has 0 bridgehead atoms. The number of nitrogens with one attached hydrogen (secondary N) is 1. The Hall–Kier alpha value is -0.570. The summed E-state index contributed by atoms with van der Waals surface area (Å²) in [4.78, 5) is 13.9. The van der Waals surface area contributed by atoms with Gasteiger partial charge in [0.15, 0.2) is 0 Å². The first kappa shape index (κ1) is 12.5. The third kappa shape index (κ3) is 4.20. The highest BCUT2D eigenvalue weighted by atomic mass is 16.2. The lowest BCUT2D eigenvalue weighted by molar-refractivity contribution is -0.132. The van der Waals surface area contributed by atoms with E-state index in [0.717, 1.165) is 32.4 Å². The van der Waals surface area contributed by atoms with Gasteiger partial charge < -0.3 is 10.2 Å². The average molecular weight is 212 g/mol. The highest BCUT2D eigenvalue weighted by molar-refractivity contribution is 5.76. The molecular formula is C12H24N2O. The summed E-state index contributed by atoms with van der Waals surface area (Å²) in [7, 11) is 1.97. The molecule has 1 heterocycles. The van der Waals surface area contributed by atoms with Crippen molar-refractivity contribution in [1.82, 2.24) is 10.2 Å². The van der Waals surface area contributed by atoms with Gasteiger partial charge in [0, 0.05) is 25.6 Å². The third-order valence-electron chi connectivity index (χ3n) is 3.26. The Morgan fingerprint density at radius 2 is 2.07 bits per heavy atom. The SMILES string of the molecule is CCC(CN1CCCCCCC1=O)NC. The van der Waals surface area contributed by atoms with Crippen LogP contribution in [0.1, 0.15) is 45.4 Å². The molecule has 1 atom stereocenters. The van der Waals surface area contributed by atoms with E-state index in [4.69, 9.17) is 0 Å². The molecule has 1 unspecified atom stereocenters. The van der Waals surface area contributed by atoms with E-state index in [0.29, 0.717) is 11.9 Å². The van der Waals surface area contributed by atoms with E-state index in [-0.39, 0.29) is 0 Å². The molecule has 0 saturated carbocycles. The van der Waals surface area contributed by atoms with Crippen LogP contribution in [0.15, 0.2) is 0 Å². The highest BCUT2D eigenvalue weighted by Gasteiger charge is 2.17. The number of likely N-dealkylation sites (tertiary alicyclic amines) is 1. The summed E-state index contributed by atoms with van der Waals surface area (Å²) in [6.45, 7) is 4.00. The second kappa shape index (κ2) is 6.83. The number of hydrogen-bond acceptors (Lipinski definition) is 2. The molecule has 1 saturated heterocycles. The molecule has 3 heteroatoms. The van der Waals surface area contributed by atoms with Crippen molar-refractivity contribution in [3.63, 3.8) is 0 Å². The largest absolute Gasteiger partial charge is 0.341 e. The second-order valence-electron chi connectivity index (χ2n) is 4.40. The summed E-state index contributed by atoms with van der Waals surface area (Å²) in [5, 5.41) is 3.26. The highest BCUT2D eigenvalue weighted by Crippen LogP contribution is 2.12. The molecule has 1 N–H and O–H groups in total. The van der Waals surface area contributed by atoms with Crippen molar-refractivity contribution >= 4 is 5.91 Å². The quantitative estimate of drug-likeness (QED) is 0.770. The third-order valence-corrected chi connectivity index (χ3v) is 3.26. The van der Waals surface area contributed by atoms with E-state index in [1.54, 1.807) is 0 Å². The molecule has 0 aromatic heterocycles. The second-order valence-corrected chi connectivity index (χ2v) is 4.40. The van der Waals surface area contributed by atoms with Gasteiger partial charge in [0.1, 0.15) is 0 Å². The van der Waals surface area contributed by atoms with Crippen LogP contribution in [0.25, 0.3) is 0 Å². The van der Waals surface area contributed by atoms with E-state index >= 15 is 0 Å². The Morgan fingerprint density at radius 3 is 2.73 bits per heavy atom. The molecule has 15 heavy (non-hydrogen) atoms. The Kier molecular flexibility index (Phi) is 5.69. The molecule has 1 amide bonds. The number of rotatable bonds is 4. The molecule has 0 radical (unpaired) electrons. The Balaban J connectivity index is 2.44. The maximum Gasteiger partial charge on any atom is 0.222 e. The lowest BCUT2D eigenvalue weighted by Crippen LogP contribution is -2.43. The summed E-state index contributed by atoms with van der Waals surface area (Å²) in [5.41, 5.74) is 0. The fourth-order valence-corrected chi connectivity index (χ4v) is 2.10. The van der Waals surface area contributed by atoms with Crippen LogP contribution in [-0.4, -0.2) is 37.0 Å². The fraction of sp³-hybridized carbons (Fsp3) is 0.917. The molecule has 88 valence electrons. The first-order valence-corrected chi connectivity index (χ1v) is 6.23. The van der Waals surface area contributed by atoms with Crippen molar-refractivity contribution in [3.8, 4) is 0 Å². The van der Waals surface area contributed by atoms with Gasteiger partial charge in [-0.1, -0.05) is 19.8 Å². The average Bonchev–Trinajstić information content (AvgIpc) is 2.24. The Bertz CT molecular complexity index is 190. The van der Waals surface area contributed by atoms with Gasteiger partial charge in [0.2, 0.25) is 5.91 Å². The standard InChI is InChI=1S/C12H24N2O/c1-3-11(13-2)10-14-9-7-5-4-6-8-12(14)15/h11,13H,3-10H2,1-2H3. The number of nitrogens with zero attached hydrogens (tertiary/aromatic N) is 1. The number of carbonyl (C=O) groups excluding carboxylic acids is 1. The van der Waals surface area contributed by atoms with Crippen LogP contribution in [0.4, 0.5) is 0 Å². The monoisotopic (exact) mass is 212 g/mol. The van der Waals surface area contributed by atoms with Crippen molar-refractivity contribution in [2.75, 3.05) is 20.1 Å². The van der Waals surface area contributed by atoms with Gasteiger partial charge in [-0.3, -0.25) is 4.79 Å². The molecule has 0 aliphatic carbocycles. The molecule has 0 spiro atoms. The molecule has 1 fully saturated rings. The summed E-state index contributed by atoms with van der Waals surface area (Å²) < 4.78 is 0. The topological polar surface area (TPSA) is 32.3 Å². The summed E-state index contributed by atoms with van der Waals surface area (Å²) in [6.07, 6.45) is 6.58. The number of carbonyl (C=O) groups is 1. The number of hydrogen-bond donors (Lipinski definition) is 1. The van der Waals surface area contributed by atoms with E-state index in [2.05, 4.69) is 12.2 Å². The first-order chi connectivity index (χ1) is 7.27. The van der Waals surface area contributed by atoms with Gasteiger partial charge in [0.25, 0.3) is 0 Å². The Morgan fingerprint density at radius 1 is 1.33 bits per heavy atom. The first-order valence-electron chi connectivity index (χ1n) is 6.23. The molecule has 1 rings (SSSR count). The van der Waals surface area contributed by atoms with Gasteiger partial charge in [-0.05, 0) is 26.3 Å². The molecular weight excluding hydrogens is 188 g/mol. The van der Waals surface area contributed by atoms with E-state index in [1.165, 1.54) is 19.3 Å². The summed E-state index contributed by atoms with van der Waals surface area (Å²) >= 11 is 0. The van der Waals surface area contributed by atoms with E-state index < -0.39 is 0 Å². The minimum atomic E-state index is 0.350. The van der Waals surface area contributed by atoms with Gasteiger partial charge in [0.05, 0.1) is 0 Å². The molecule has 1 aliphatic heterocycles. The normalized spacial score (nSPS) is 20.9. The zero-order chi connectivity index (χ0) is 11.1. The van der Waals surface area contributed by atoms with E-state index in [9.17, 15) is 4.79 Å². The van der Waals surface area contributed by atoms with E-state index in [1.807, 2.05) is 11.9 Å². The molecule has 0 aromatic carbocycles. The van der Waals surface area contributed by atoms with Gasteiger partial charge in [-0.15, -0.1) is 0 Å². The van der Waals surface area contributed by atoms with Crippen molar-refractivity contribution in [1.29, 1.82) is 0 Å². The van der Waals surface area contributed by atoms with Crippen LogP contribution in [0.2, 0.25) is 0 Å². The van der Waals surface area contributed by atoms with Crippen molar-refractivity contribution in [3.05, 3.63) is 0 Å². The van der Waals surface area contributed by atoms with Crippen LogP contribution in [0, 0.1) is 0 Å². The lowest BCUT2D eigenvalue weighted by Gasteiger charge is -2.28. The number of likely N-dealkylation sites (N-methyl/N-ethyl adjacent to an activating group) is 1. The number of amides is 1. The van der Waals surface area contributed by atoms with Crippen molar-refractivity contribution in [2.24, 2.45) is 0 Å². The zero-order valence-corrected chi connectivity index (χ0v) is 10.1. The van der Waals surface area contributed by atoms with Crippen molar-refractivity contribution < 1.29 is 4.79 Å². The van der Waals surface area contributed by atoms with Crippen LogP contribution < -0.4 is 5.32 Å². The van der Waals surface area contributed by atoms with Gasteiger partial charge in [-0.25, -0.2) is 0 Å². The molecule has 1 aliphatic rings. The minimum absolute atomic E-state index is 0.350. The van der Waals surface area contributed by atoms with Gasteiger partial charge in [-0.2, -0.15) is 0 Å². The van der Waals surface area contributed by atoms with Crippen LogP contribution in [0.5, 0.6) is 0 Å². The molecule has 0 aromatic rings. The predicted molar refractivity (Wildman–Crippen MR) is 62.8 cm³/mol. The maximum absolute atomic E-state index is 11.8. The summed E-state index contributed by atoms with van der Waals surface area (Å²) in [6, 6.07) is 0.452.